The molecule has 1 heterocycles. The number of nitrogens with zero attached hydrogens (tertiary/aromatic N) is 1. The van der Waals surface area contributed by atoms with E-state index in [-0.39, 0.29) is 11.3 Å². The molecule has 0 fully saturated rings. The highest BCUT2D eigenvalue weighted by Crippen LogP contribution is 2.08. The molecule has 0 spiro atoms. The zero-order chi connectivity index (χ0) is 10.7. The highest BCUT2D eigenvalue weighted by atomic mass is 16.4. The lowest BCUT2D eigenvalue weighted by Crippen LogP contribution is -2.24. The zero-order valence-corrected chi connectivity index (χ0v) is 8.28. The third kappa shape index (κ3) is 1.84. The average molecular weight is 195 g/mol. The number of pyridine rings is 1. The number of hydrogen-bond acceptors (Lipinski definition) is 2. The summed E-state index contributed by atoms with van der Waals surface area (Å²) in [6, 6.07) is 2.99. The minimum absolute atomic E-state index is 0.0966. The summed E-state index contributed by atoms with van der Waals surface area (Å²) < 4.78 is 1.17. The van der Waals surface area contributed by atoms with Crippen LogP contribution < -0.4 is 5.56 Å². The van der Waals surface area contributed by atoms with Crippen LogP contribution in [0, 0.1) is 0 Å². The van der Waals surface area contributed by atoms with E-state index in [0.717, 1.165) is 6.42 Å². The van der Waals surface area contributed by atoms with E-state index < -0.39 is 5.97 Å². The lowest BCUT2D eigenvalue weighted by atomic mass is 10.1. The van der Waals surface area contributed by atoms with E-state index in [1.807, 2.05) is 6.92 Å². The van der Waals surface area contributed by atoms with Gasteiger partial charge in [0.2, 0.25) is 0 Å². The van der Waals surface area contributed by atoms with E-state index >= 15 is 0 Å². The first-order valence-corrected chi connectivity index (χ1v) is 4.50. The van der Waals surface area contributed by atoms with Gasteiger partial charge < -0.3 is 9.67 Å². The number of aryl methyl sites for hydroxylation is 1. The van der Waals surface area contributed by atoms with E-state index in [4.69, 9.17) is 5.11 Å². The van der Waals surface area contributed by atoms with Crippen LogP contribution in [0.4, 0.5) is 0 Å². The molecule has 0 aliphatic heterocycles. The lowest BCUT2D eigenvalue weighted by molar-refractivity contribution is 0.0683. The number of aromatic nitrogens is 1. The van der Waals surface area contributed by atoms with Crippen molar-refractivity contribution < 1.29 is 9.90 Å². The summed E-state index contributed by atoms with van der Waals surface area (Å²) >= 11 is 0. The van der Waals surface area contributed by atoms with Crippen LogP contribution in [0.1, 0.15) is 29.4 Å². The number of aromatic carboxylic acids is 1. The van der Waals surface area contributed by atoms with Crippen LogP contribution in [-0.2, 0) is 13.5 Å². The summed E-state index contributed by atoms with van der Waals surface area (Å²) in [6.07, 6.45) is 1.54. The van der Waals surface area contributed by atoms with Gasteiger partial charge in [-0.3, -0.25) is 4.79 Å². The summed E-state index contributed by atoms with van der Waals surface area (Å²) in [5, 5.41) is 8.94. The van der Waals surface area contributed by atoms with Crippen molar-refractivity contribution in [2.24, 2.45) is 7.05 Å². The second-order valence-electron chi connectivity index (χ2n) is 3.16. The van der Waals surface area contributed by atoms with Crippen LogP contribution in [0.25, 0.3) is 0 Å². The normalized spacial score (nSPS) is 10.1. The Balaban J connectivity index is 3.37. The maximum atomic E-state index is 11.2. The molecule has 1 aromatic rings. The minimum Gasteiger partial charge on any atom is -0.477 e. The van der Waals surface area contributed by atoms with Crippen molar-refractivity contribution in [3.63, 3.8) is 0 Å². The first kappa shape index (κ1) is 10.5. The number of rotatable bonds is 3. The number of carboxylic acids is 1. The molecule has 0 aromatic carbocycles. The van der Waals surface area contributed by atoms with Gasteiger partial charge in [0, 0.05) is 13.1 Å². The number of carboxylic acid groups (broad SMARTS) is 1. The molecule has 4 heteroatoms. The van der Waals surface area contributed by atoms with Crippen molar-refractivity contribution in [1.82, 2.24) is 4.57 Å². The van der Waals surface area contributed by atoms with Gasteiger partial charge in [0.25, 0.3) is 5.56 Å². The summed E-state index contributed by atoms with van der Waals surface area (Å²) in [7, 11) is 1.48. The Morgan fingerprint density at radius 1 is 1.50 bits per heavy atom. The van der Waals surface area contributed by atoms with E-state index in [1.165, 1.54) is 17.7 Å². The fourth-order valence-electron chi connectivity index (χ4n) is 1.44. The molecule has 0 aliphatic carbocycles. The minimum atomic E-state index is -1.05. The second-order valence-corrected chi connectivity index (χ2v) is 3.16. The fraction of sp³-hybridized carbons (Fsp3) is 0.400. The van der Waals surface area contributed by atoms with Gasteiger partial charge in [-0.2, -0.15) is 0 Å². The third-order valence-corrected chi connectivity index (χ3v) is 2.12. The lowest BCUT2D eigenvalue weighted by Gasteiger charge is -2.08. The number of carbonyl (C=O) groups is 1. The van der Waals surface area contributed by atoms with Gasteiger partial charge in [-0.1, -0.05) is 19.4 Å². The van der Waals surface area contributed by atoms with Gasteiger partial charge in [-0.25, -0.2) is 4.79 Å². The Morgan fingerprint density at radius 3 is 2.64 bits per heavy atom. The van der Waals surface area contributed by atoms with E-state index in [0.29, 0.717) is 12.0 Å². The predicted octanol–water partition coefficient (Wildman–Crippen LogP) is 1.04. The average Bonchev–Trinajstić information content (AvgIpc) is 2.11. The number of hydrogen-bond donors (Lipinski definition) is 1. The van der Waals surface area contributed by atoms with Crippen molar-refractivity contribution in [2.75, 3.05) is 0 Å². The van der Waals surface area contributed by atoms with E-state index in [2.05, 4.69) is 0 Å². The molecule has 0 aliphatic rings. The van der Waals surface area contributed by atoms with Gasteiger partial charge >= 0.3 is 5.97 Å². The molecule has 0 amide bonds. The smallest absolute Gasteiger partial charge is 0.352 e. The molecule has 1 rings (SSSR count). The second kappa shape index (κ2) is 4.09. The van der Waals surface area contributed by atoms with Crippen molar-refractivity contribution >= 4 is 5.97 Å². The van der Waals surface area contributed by atoms with Crippen LogP contribution >= 0.6 is 0 Å². The highest BCUT2D eigenvalue weighted by molar-refractivity contribution is 5.87. The van der Waals surface area contributed by atoms with Gasteiger partial charge in [-0.05, 0) is 12.0 Å². The largest absolute Gasteiger partial charge is 0.477 e. The first-order valence-electron chi connectivity index (χ1n) is 4.50. The Morgan fingerprint density at radius 2 is 2.14 bits per heavy atom. The molecule has 1 aromatic heterocycles. The molecule has 1 N–H and O–H groups in total. The molecule has 0 radical (unpaired) electrons. The van der Waals surface area contributed by atoms with Crippen LogP contribution in [-0.4, -0.2) is 15.6 Å². The predicted molar refractivity (Wildman–Crippen MR) is 52.6 cm³/mol. The highest BCUT2D eigenvalue weighted by Gasteiger charge is 2.13. The summed E-state index contributed by atoms with van der Waals surface area (Å²) in [5.74, 6) is -1.05. The summed E-state index contributed by atoms with van der Waals surface area (Å²) in [6.45, 7) is 1.97. The molecular weight excluding hydrogens is 182 g/mol. The molecule has 0 saturated heterocycles. The van der Waals surface area contributed by atoms with Crippen molar-refractivity contribution in [3.05, 3.63) is 33.7 Å². The van der Waals surface area contributed by atoms with Crippen LogP contribution in [0.2, 0.25) is 0 Å². The molecule has 4 nitrogen and oxygen atoms in total. The standard InChI is InChI=1S/C10H13NO3/c1-3-4-7-5-6-8(12)11(2)9(7)10(13)14/h5-6H,3-4H2,1-2H3,(H,13,14). The third-order valence-electron chi connectivity index (χ3n) is 2.12. The topological polar surface area (TPSA) is 59.3 Å². The Bertz CT molecular complexity index is 406. The maximum absolute atomic E-state index is 11.2. The van der Waals surface area contributed by atoms with Crippen molar-refractivity contribution in [1.29, 1.82) is 0 Å². The molecule has 0 atom stereocenters. The maximum Gasteiger partial charge on any atom is 0.352 e. The Hall–Kier alpha value is -1.58. The molecular formula is C10H13NO3. The summed E-state index contributed by atoms with van der Waals surface area (Å²) in [5.41, 5.74) is 0.517. The Labute approximate surface area is 81.8 Å². The SMILES string of the molecule is CCCc1ccc(=O)n(C)c1C(=O)O. The fourth-order valence-corrected chi connectivity index (χ4v) is 1.44. The Kier molecular flexibility index (Phi) is 3.06. The first-order chi connectivity index (χ1) is 6.57. The van der Waals surface area contributed by atoms with Crippen LogP contribution in [0.3, 0.4) is 0 Å². The molecule has 0 unspecified atom stereocenters. The molecule has 0 saturated carbocycles. The monoisotopic (exact) mass is 195 g/mol. The van der Waals surface area contributed by atoms with Gasteiger partial charge in [0.1, 0.15) is 5.69 Å². The quantitative estimate of drug-likeness (QED) is 0.783. The van der Waals surface area contributed by atoms with Crippen molar-refractivity contribution in [2.45, 2.75) is 19.8 Å². The van der Waals surface area contributed by atoms with E-state index in [1.54, 1.807) is 6.07 Å². The zero-order valence-electron chi connectivity index (χ0n) is 8.28. The summed E-state index contributed by atoms with van der Waals surface area (Å²) in [4.78, 5) is 22.1. The van der Waals surface area contributed by atoms with Gasteiger partial charge in [0.05, 0.1) is 0 Å². The van der Waals surface area contributed by atoms with Crippen LogP contribution in [0.5, 0.6) is 0 Å². The van der Waals surface area contributed by atoms with Gasteiger partial charge in [0.15, 0.2) is 0 Å². The van der Waals surface area contributed by atoms with Crippen molar-refractivity contribution in [3.8, 4) is 0 Å². The molecule has 0 bridgehead atoms. The molecule has 76 valence electrons. The molecule has 14 heavy (non-hydrogen) atoms. The van der Waals surface area contributed by atoms with E-state index in [9.17, 15) is 9.59 Å². The van der Waals surface area contributed by atoms with Gasteiger partial charge in [-0.15, -0.1) is 0 Å². The van der Waals surface area contributed by atoms with Crippen LogP contribution in [0.15, 0.2) is 16.9 Å².